The Kier molecular flexibility index (Phi) is 6.58. The van der Waals surface area contributed by atoms with Crippen LogP contribution in [-0.2, 0) is 33.7 Å². The summed E-state index contributed by atoms with van der Waals surface area (Å²) in [6.45, 7) is 3.38. The van der Waals surface area contributed by atoms with E-state index in [1.807, 2.05) is 24.3 Å². The van der Waals surface area contributed by atoms with Gasteiger partial charge in [-0.15, -0.1) is 0 Å². The highest BCUT2D eigenvalue weighted by molar-refractivity contribution is 5.93. The number of carbonyl (C=O) groups excluding carboxylic acids is 1. The topological polar surface area (TPSA) is 50.8 Å². The van der Waals surface area contributed by atoms with E-state index in [2.05, 4.69) is 34.5 Å². The van der Waals surface area contributed by atoms with Crippen LogP contribution in [-0.4, -0.2) is 48.8 Å². The van der Waals surface area contributed by atoms with Crippen LogP contribution in [0, 0.1) is 0 Å². The normalized spacial score (nSPS) is 25.6. The fourth-order valence-electron chi connectivity index (χ4n) is 5.58. The fraction of sp³-hybridized carbons (Fsp3) is 0.519. The first-order valence-electron chi connectivity index (χ1n) is 12.1. The number of hydrogen-bond donors (Lipinski definition) is 1. The van der Waals surface area contributed by atoms with Crippen molar-refractivity contribution >= 4 is 11.6 Å². The SMILES string of the molecule is O=C(CN1CCC2(CCCO2)C(OCc2ccccc2)C1)Nc1cccc2c1CCCC2. The molecule has 32 heavy (non-hydrogen) atoms. The molecule has 1 spiro atoms. The monoisotopic (exact) mass is 434 g/mol. The van der Waals surface area contributed by atoms with Crippen LogP contribution in [0.25, 0.3) is 0 Å². The third-order valence-electron chi connectivity index (χ3n) is 7.33. The van der Waals surface area contributed by atoms with Crippen molar-refractivity contribution in [1.29, 1.82) is 0 Å². The minimum absolute atomic E-state index is 0.0174. The second kappa shape index (κ2) is 9.74. The Morgan fingerprint density at radius 1 is 1.06 bits per heavy atom. The Bertz CT molecular complexity index is 924. The van der Waals surface area contributed by atoms with Gasteiger partial charge in [0.15, 0.2) is 0 Å². The molecule has 1 amide bonds. The Morgan fingerprint density at radius 2 is 1.94 bits per heavy atom. The summed E-state index contributed by atoms with van der Waals surface area (Å²) in [7, 11) is 0. The quantitative estimate of drug-likeness (QED) is 0.735. The average molecular weight is 435 g/mol. The van der Waals surface area contributed by atoms with E-state index >= 15 is 0 Å². The van der Waals surface area contributed by atoms with Gasteiger partial charge in [0.05, 0.1) is 24.9 Å². The number of ether oxygens (including phenoxy) is 2. The van der Waals surface area contributed by atoms with E-state index in [1.165, 1.54) is 29.5 Å². The number of rotatable bonds is 6. The van der Waals surface area contributed by atoms with Crippen molar-refractivity contribution in [2.45, 2.75) is 63.3 Å². The molecule has 1 N–H and O–H groups in total. The second-order valence-corrected chi connectivity index (χ2v) is 9.49. The van der Waals surface area contributed by atoms with Crippen LogP contribution in [0.5, 0.6) is 0 Å². The number of fused-ring (bicyclic) bond motifs is 1. The molecule has 3 aliphatic rings. The molecule has 0 aromatic heterocycles. The summed E-state index contributed by atoms with van der Waals surface area (Å²) in [6.07, 6.45) is 7.66. The highest BCUT2D eigenvalue weighted by Gasteiger charge is 2.47. The van der Waals surface area contributed by atoms with Gasteiger partial charge in [-0.05, 0) is 67.7 Å². The van der Waals surface area contributed by atoms with Gasteiger partial charge in [-0.1, -0.05) is 42.5 Å². The van der Waals surface area contributed by atoms with Gasteiger partial charge in [0.2, 0.25) is 5.91 Å². The smallest absolute Gasteiger partial charge is 0.238 e. The van der Waals surface area contributed by atoms with Crippen LogP contribution in [0.15, 0.2) is 48.5 Å². The minimum Gasteiger partial charge on any atom is -0.372 e. The van der Waals surface area contributed by atoms with Crippen LogP contribution in [0.3, 0.4) is 0 Å². The molecule has 2 atom stereocenters. The molecule has 2 fully saturated rings. The fourth-order valence-corrected chi connectivity index (χ4v) is 5.58. The number of nitrogens with zero attached hydrogens (tertiary/aromatic N) is 1. The van der Waals surface area contributed by atoms with Gasteiger partial charge in [0, 0.05) is 25.4 Å². The number of likely N-dealkylation sites (tertiary alicyclic amines) is 1. The number of piperidine rings is 1. The molecular weight excluding hydrogens is 400 g/mol. The maximum Gasteiger partial charge on any atom is 0.238 e. The molecule has 0 radical (unpaired) electrons. The van der Waals surface area contributed by atoms with Gasteiger partial charge in [-0.25, -0.2) is 0 Å². The summed E-state index contributed by atoms with van der Waals surface area (Å²) in [4.78, 5) is 15.2. The molecule has 2 unspecified atom stereocenters. The summed E-state index contributed by atoms with van der Waals surface area (Å²) in [5.74, 6) is 0.0640. The molecular formula is C27H34N2O3. The molecule has 5 nitrogen and oxygen atoms in total. The number of anilines is 1. The molecule has 170 valence electrons. The van der Waals surface area contributed by atoms with Crippen molar-refractivity contribution in [1.82, 2.24) is 4.90 Å². The Labute approximate surface area is 191 Å². The Hall–Kier alpha value is -2.21. The van der Waals surface area contributed by atoms with E-state index < -0.39 is 0 Å². The molecule has 2 heterocycles. The summed E-state index contributed by atoms with van der Waals surface area (Å²) in [5, 5.41) is 3.20. The molecule has 5 heteroatoms. The third-order valence-corrected chi connectivity index (χ3v) is 7.33. The molecule has 2 saturated heterocycles. The molecule has 0 saturated carbocycles. The highest BCUT2D eigenvalue weighted by atomic mass is 16.6. The van der Waals surface area contributed by atoms with Gasteiger partial charge < -0.3 is 14.8 Å². The lowest BCUT2D eigenvalue weighted by molar-refractivity contribution is -0.159. The van der Waals surface area contributed by atoms with Crippen molar-refractivity contribution in [2.24, 2.45) is 0 Å². The summed E-state index contributed by atoms with van der Waals surface area (Å²) in [5.41, 5.74) is 4.69. The molecule has 0 bridgehead atoms. The predicted octanol–water partition coefficient (Wildman–Crippen LogP) is 4.34. The van der Waals surface area contributed by atoms with Gasteiger partial charge in [-0.2, -0.15) is 0 Å². The first-order valence-corrected chi connectivity index (χ1v) is 12.1. The number of aryl methyl sites for hydroxylation is 1. The first kappa shape index (κ1) is 21.6. The lowest BCUT2D eigenvalue weighted by atomic mass is 9.85. The molecule has 5 rings (SSSR count). The Balaban J connectivity index is 1.22. The van der Waals surface area contributed by atoms with Gasteiger partial charge in [0.25, 0.3) is 0 Å². The lowest BCUT2D eigenvalue weighted by Crippen LogP contribution is -2.57. The Morgan fingerprint density at radius 3 is 2.78 bits per heavy atom. The minimum atomic E-state index is -0.194. The van der Waals surface area contributed by atoms with Crippen molar-refractivity contribution in [3.63, 3.8) is 0 Å². The van der Waals surface area contributed by atoms with Crippen LogP contribution in [0.4, 0.5) is 5.69 Å². The lowest BCUT2D eigenvalue weighted by Gasteiger charge is -2.44. The number of benzene rings is 2. The van der Waals surface area contributed by atoms with E-state index in [0.29, 0.717) is 13.2 Å². The number of hydrogen-bond acceptors (Lipinski definition) is 4. The van der Waals surface area contributed by atoms with E-state index in [4.69, 9.17) is 9.47 Å². The average Bonchev–Trinajstić information content (AvgIpc) is 3.30. The van der Waals surface area contributed by atoms with E-state index in [0.717, 1.165) is 57.5 Å². The number of nitrogens with one attached hydrogen (secondary N) is 1. The van der Waals surface area contributed by atoms with E-state index in [9.17, 15) is 4.79 Å². The third kappa shape index (κ3) is 4.75. The summed E-state index contributed by atoms with van der Waals surface area (Å²) in [6, 6.07) is 16.6. The zero-order valence-corrected chi connectivity index (χ0v) is 18.9. The molecule has 2 aliphatic heterocycles. The van der Waals surface area contributed by atoms with E-state index in [1.54, 1.807) is 0 Å². The number of amides is 1. The van der Waals surface area contributed by atoms with Crippen molar-refractivity contribution in [2.75, 3.05) is 31.6 Å². The summed E-state index contributed by atoms with van der Waals surface area (Å²) >= 11 is 0. The van der Waals surface area contributed by atoms with Crippen LogP contribution in [0.1, 0.15) is 48.8 Å². The van der Waals surface area contributed by atoms with Crippen LogP contribution in [0.2, 0.25) is 0 Å². The first-order chi connectivity index (χ1) is 15.7. The van der Waals surface area contributed by atoms with Crippen LogP contribution >= 0.6 is 0 Å². The van der Waals surface area contributed by atoms with Gasteiger partial charge in [0.1, 0.15) is 0 Å². The van der Waals surface area contributed by atoms with E-state index in [-0.39, 0.29) is 17.6 Å². The summed E-state index contributed by atoms with van der Waals surface area (Å²) < 4.78 is 12.7. The highest BCUT2D eigenvalue weighted by Crippen LogP contribution is 2.38. The van der Waals surface area contributed by atoms with Gasteiger partial charge >= 0.3 is 0 Å². The van der Waals surface area contributed by atoms with Crippen molar-refractivity contribution in [3.05, 3.63) is 65.2 Å². The number of carbonyl (C=O) groups is 1. The zero-order valence-electron chi connectivity index (χ0n) is 18.9. The molecule has 2 aromatic rings. The molecule has 2 aromatic carbocycles. The second-order valence-electron chi connectivity index (χ2n) is 9.49. The predicted molar refractivity (Wildman–Crippen MR) is 126 cm³/mol. The standard InChI is InChI=1S/C27H34N2O3/c30-26(28-24-13-6-11-22-10-4-5-12-23(22)24)19-29-16-15-27(14-7-17-32-27)25(18-29)31-20-21-8-2-1-3-9-21/h1-3,6,8-9,11,13,25H,4-5,7,10,12,14-20H2,(H,28,30). The largest absolute Gasteiger partial charge is 0.372 e. The maximum absolute atomic E-state index is 12.9. The van der Waals surface area contributed by atoms with Crippen LogP contribution < -0.4 is 5.32 Å². The van der Waals surface area contributed by atoms with Crippen molar-refractivity contribution in [3.8, 4) is 0 Å². The van der Waals surface area contributed by atoms with Crippen molar-refractivity contribution < 1.29 is 14.3 Å². The maximum atomic E-state index is 12.9. The van der Waals surface area contributed by atoms with Gasteiger partial charge in [-0.3, -0.25) is 9.69 Å². The zero-order chi connectivity index (χ0) is 21.8. The molecule has 1 aliphatic carbocycles.